The molecule has 4 amide bonds. The first-order valence-electron chi connectivity index (χ1n) is 9.81. The zero-order chi connectivity index (χ0) is 22.5. The van der Waals surface area contributed by atoms with E-state index in [1.54, 1.807) is 57.8 Å². The van der Waals surface area contributed by atoms with Gasteiger partial charge < -0.3 is 20.4 Å². The molecule has 2 N–H and O–H groups in total. The number of amides is 4. The first kappa shape index (κ1) is 21.9. The van der Waals surface area contributed by atoms with E-state index in [0.717, 1.165) is 16.7 Å². The van der Waals surface area contributed by atoms with Crippen LogP contribution in [-0.2, 0) is 27.2 Å². The number of urea groups is 2. The average molecular weight is 425 g/mol. The number of hydrogen-bond donors (Lipinski definition) is 2. The van der Waals surface area contributed by atoms with Gasteiger partial charge in [-0.25, -0.2) is 9.59 Å². The topological polar surface area (TPSA) is 100 Å². The molecule has 0 saturated carbocycles. The Morgan fingerprint density at radius 3 is 1.90 bits per heavy atom. The number of hydrogen-bond acceptors (Lipinski definition) is 4. The van der Waals surface area contributed by atoms with Crippen molar-refractivity contribution in [1.29, 1.82) is 0 Å². The summed E-state index contributed by atoms with van der Waals surface area (Å²) in [5, 5.41) is 14.0. The third kappa shape index (κ3) is 5.84. The van der Waals surface area contributed by atoms with Gasteiger partial charge in [0, 0.05) is 63.1 Å². The van der Waals surface area contributed by atoms with Gasteiger partial charge in [-0.1, -0.05) is 6.07 Å². The minimum atomic E-state index is -0.251. The quantitative estimate of drug-likeness (QED) is 0.635. The van der Waals surface area contributed by atoms with Crippen molar-refractivity contribution in [2.24, 2.45) is 14.1 Å². The van der Waals surface area contributed by atoms with Gasteiger partial charge in [0.2, 0.25) is 0 Å². The number of aryl methyl sites for hydroxylation is 3. The van der Waals surface area contributed by atoms with Crippen molar-refractivity contribution >= 4 is 23.4 Å². The smallest absolute Gasteiger partial charge is 0.321 e. The lowest BCUT2D eigenvalue weighted by Crippen LogP contribution is -2.31. The molecule has 0 aliphatic heterocycles. The second kappa shape index (κ2) is 9.33. The van der Waals surface area contributed by atoms with Crippen LogP contribution < -0.4 is 10.6 Å². The van der Waals surface area contributed by atoms with Crippen LogP contribution >= 0.6 is 0 Å². The van der Waals surface area contributed by atoms with Crippen molar-refractivity contribution in [1.82, 2.24) is 29.4 Å². The van der Waals surface area contributed by atoms with Gasteiger partial charge in [-0.05, 0) is 24.6 Å². The van der Waals surface area contributed by atoms with E-state index in [1.807, 2.05) is 39.5 Å². The highest BCUT2D eigenvalue weighted by molar-refractivity contribution is 5.93. The average Bonchev–Trinajstić information content (AvgIpc) is 3.31. The number of nitrogens with zero attached hydrogens (tertiary/aromatic N) is 6. The van der Waals surface area contributed by atoms with E-state index in [4.69, 9.17) is 0 Å². The summed E-state index contributed by atoms with van der Waals surface area (Å²) in [6.07, 6.45) is 7.19. The van der Waals surface area contributed by atoms with Gasteiger partial charge in [-0.15, -0.1) is 0 Å². The molecule has 0 spiro atoms. The Balaban J connectivity index is 1.61. The van der Waals surface area contributed by atoms with Crippen LogP contribution in [0.4, 0.5) is 21.0 Å². The molecular formula is C21H28N8O2. The molecule has 0 aliphatic rings. The minimum absolute atomic E-state index is 0.246. The van der Waals surface area contributed by atoms with Gasteiger partial charge in [0.15, 0.2) is 0 Å². The maximum absolute atomic E-state index is 12.6. The Bertz CT molecular complexity index is 1070. The summed E-state index contributed by atoms with van der Waals surface area (Å²) in [7, 11) is 7.10. The van der Waals surface area contributed by atoms with Crippen LogP contribution in [0.3, 0.4) is 0 Å². The van der Waals surface area contributed by atoms with E-state index in [2.05, 4.69) is 20.8 Å². The van der Waals surface area contributed by atoms with Gasteiger partial charge in [-0.2, -0.15) is 10.2 Å². The van der Waals surface area contributed by atoms with Crippen LogP contribution in [0.25, 0.3) is 0 Å². The summed E-state index contributed by atoms with van der Waals surface area (Å²) in [5.41, 5.74) is 4.00. The molecule has 0 unspecified atom stereocenters. The van der Waals surface area contributed by atoms with E-state index in [0.29, 0.717) is 24.5 Å². The highest BCUT2D eigenvalue weighted by Crippen LogP contribution is 2.21. The summed E-state index contributed by atoms with van der Waals surface area (Å²) in [6, 6.07) is 4.91. The molecule has 0 bridgehead atoms. The van der Waals surface area contributed by atoms with Crippen molar-refractivity contribution in [3.63, 3.8) is 0 Å². The lowest BCUT2D eigenvalue weighted by molar-refractivity contribution is 0.220. The van der Waals surface area contributed by atoms with Crippen LogP contribution in [-0.4, -0.2) is 55.5 Å². The number of benzene rings is 1. The lowest BCUT2D eigenvalue weighted by Gasteiger charge is -2.20. The van der Waals surface area contributed by atoms with Gasteiger partial charge in [0.25, 0.3) is 0 Å². The number of rotatable bonds is 6. The van der Waals surface area contributed by atoms with E-state index < -0.39 is 0 Å². The largest absolute Gasteiger partial charge is 0.323 e. The molecule has 0 atom stereocenters. The Hall–Kier alpha value is -3.82. The maximum Gasteiger partial charge on any atom is 0.321 e. The summed E-state index contributed by atoms with van der Waals surface area (Å²) in [4.78, 5) is 28.3. The van der Waals surface area contributed by atoms with Crippen molar-refractivity contribution in [2.75, 3.05) is 24.7 Å². The van der Waals surface area contributed by atoms with Crippen molar-refractivity contribution in [3.05, 3.63) is 59.7 Å². The van der Waals surface area contributed by atoms with Crippen LogP contribution in [0, 0.1) is 6.92 Å². The van der Waals surface area contributed by atoms with Gasteiger partial charge in [0.1, 0.15) is 0 Å². The molecular weight excluding hydrogens is 396 g/mol. The molecule has 3 aromatic rings. The summed E-state index contributed by atoms with van der Waals surface area (Å²) < 4.78 is 3.39. The van der Waals surface area contributed by atoms with Crippen molar-refractivity contribution < 1.29 is 9.59 Å². The highest BCUT2D eigenvalue weighted by Gasteiger charge is 2.14. The molecule has 0 radical (unpaired) electrons. The Morgan fingerprint density at radius 1 is 0.903 bits per heavy atom. The monoisotopic (exact) mass is 424 g/mol. The fraction of sp³-hybridized carbons (Fsp3) is 0.333. The highest BCUT2D eigenvalue weighted by atomic mass is 16.2. The molecule has 0 aliphatic carbocycles. The van der Waals surface area contributed by atoms with Crippen molar-refractivity contribution in [2.45, 2.75) is 20.0 Å². The molecule has 10 heteroatoms. The van der Waals surface area contributed by atoms with E-state index in [-0.39, 0.29) is 12.1 Å². The second-order valence-corrected chi connectivity index (χ2v) is 7.65. The predicted molar refractivity (Wildman–Crippen MR) is 119 cm³/mol. The number of carbonyl (C=O) groups is 2. The number of anilines is 2. The van der Waals surface area contributed by atoms with Crippen LogP contribution in [0.1, 0.15) is 16.7 Å². The number of carbonyl (C=O) groups excluding carboxylic acids is 2. The van der Waals surface area contributed by atoms with Crippen molar-refractivity contribution in [3.8, 4) is 0 Å². The molecule has 2 aromatic heterocycles. The Kier molecular flexibility index (Phi) is 6.58. The van der Waals surface area contributed by atoms with Gasteiger partial charge in [0.05, 0.1) is 25.5 Å². The summed E-state index contributed by atoms with van der Waals surface area (Å²) in [6.45, 7) is 2.78. The van der Waals surface area contributed by atoms with Crippen LogP contribution in [0.2, 0.25) is 0 Å². The normalized spacial score (nSPS) is 10.6. The molecule has 31 heavy (non-hydrogen) atoms. The molecule has 0 saturated heterocycles. The van der Waals surface area contributed by atoms with Crippen LogP contribution in [0.5, 0.6) is 0 Å². The fourth-order valence-electron chi connectivity index (χ4n) is 3.06. The Morgan fingerprint density at radius 2 is 1.42 bits per heavy atom. The SMILES string of the molecule is Cc1ccc(NC(=O)N(C)Cc2cnn(C)c2)cc1NC(=O)N(C)Cc1cnn(C)c1. The first-order chi connectivity index (χ1) is 14.7. The molecule has 3 rings (SSSR count). The molecule has 10 nitrogen and oxygen atoms in total. The lowest BCUT2D eigenvalue weighted by atomic mass is 10.2. The molecule has 164 valence electrons. The third-order valence-electron chi connectivity index (χ3n) is 4.78. The second-order valence-electron chi connectivity index (χ2n) is 7.65. The zero-order valence-electron chi connectivity index (χ0n) is 18.5. The van der Waals surface area contributed by atoms with Gasteiger partial charge >= 0.3 is 12.1 Å². The standard InChI is InChI=1S/C21H28N8O2/c1-15-6-7-18(24-20(30)26(2)11-16-9-22-28(4)13-16)8-19(15)25-21(31)27(3)12-17-10-23-29(5)14-17/h6-10,13-14H,11-12H2,1-5H3,(H,24,30)(H,25,31). The molecule has 0 fully saturated rings. The van der Waals surface area contributed by atoms with E-state index in [1.165, 1.54) is 0 Å². The first-order valence-corrected chi connectivity index (χ1v) is 9.81. The van der Waals surface area contributed by atoms with E-state index >= 15 is 0 Å². The number of aromatic nitrogens is 4. The fourth-order valence-corrected chi connectivity index (χ4v) is 3.06. The third-order valence-corrected chi connectivity index (χ3v) is 4.78. The van der Waals surface area contributed by atoms with E-state index in [9.17, 15) is 9.59 Å². The predicted octanol–water partition coefficient (Wildman–Crippen LogP) is 2.79. The number of nitrogens with one attached hydrogen (secondary N) is 2. The molecule has 2 heterocycles. The maximum atomic E-state index is 12.6. The molecule has 1 aromatic carbocycles. The zero-order valence-corrected chi connectivity index (χ0v) is 18.5. The summed E-state index contributed by atoms with van der Waals surface area (Å²) in [5.74, 6) is 0. The summed E-state index contributed by atoms with van der Waals surface area (Å²) >= 11 is 0. The van der Waals surface area contributed by atoms with Crippen LogP contribution in [0.15, 0.2) is 43.0 Å². The van der Waals surface area contributed by atoms with Gasteiger partial charge in [-0.3, -0.25) is 9.36 Å². The Labute approximate surface area is 181 Å². The minimum Gasteiger partial charge on any atom is -0.323 e.